The summed E-state index contributed by atoms with van der Waals surface area (Å²) in [7, 11) is 1.65. The third-order valence-electron chi connectivity index (χ3n) is 5.37. The molecular weight excluding hydrogens is 336 g/mol. The third-order valence-corrected chi connectivity index (χ3v) is 5.37. The van der Waals surface area contributed by atoms with E-state index < -0.39 is 0 Å². The maximum absolute atomic E-state index is 12.5. The van der Waals surface area contributed by atoms with E-state index in [0.29, 0.717) is 13.2 Å². The summed E-state index contributed by atoms with van der Waals surface area (Å²) in [5, 5.41) is 6.52. The monoisotopic (exact) mass is 362 g/mol. The summed E-state index contributed by atoms with van der Waals surface area (Å²) in [5.74, 6) is -0.0839. The Morgan fingerprint density at radius 1 is 1.38 bits per heavy atom. The summed E-state index contributed by atoms with van der Waals surface area (Å²) in [4.78, 5) is 23.2. The van der Waals surface area contributed by atoms with Crippen LogP contribution in [0, 0.1) is 5.92 Å². The number of benzene rings is 1. The van der Waals surface area contributed by atoms with Crippen molar-refractivity contribution >= 4 is 5.91 Å². The van der Waals surface area contributed by atoms with Gasteiger partial charge in [0.25, 0.3) is 0 Å². The molecule has 2 fully saturated rings. The molecule has 0 spiro atoms. The molecule has 3 aliphatic rings. The van der Waals surface area contributed by atoms with Gasteiger partial charge in [0, 0.05) is 13.2 Å². The van der Waals surface area contributed by atoms with E-state index in [1.54, 1.807) is 7.11 Å². The first-order valence-corrected chi connectivity index (χ1v) is 9.12. The van der Waals surface area contributed by atoms with Crippen molar-refractivity contribution in [3.05, 3.63) is 34.9 Å². The van der Waals surface area contributed by atoms with E-state index in [2.05, 4.69) is 39.8 Å². The fraction of sp³-hybridized carbons (Fsp3) is 0.611. The zero-order valence-electron chi connectivity index (χ0n) is 15.1. The zero-order chi connectivity index (χ0) is 18.1. The maximum Gasteiger partial charge on any atom is 0.227 e. The number of carbonyl (C=O) groups excluding carboxylic acids is 1. The van der Waals surface area contributed by atoms with E-state index >= 15 is 0 Å². The highest BCUT2D eigenvalue weighted by Crippen LogP contribution is 2.33. The van der Waals surface area contributed by atoms with Gasteiger partial charge in [-0.1, -0.05) is 18.2 Å². The summed E-state index contributed by atoms with van der Waals surface area (Å²) < 4.78 is 5.10. The molecule has 1 amide bonds. The number of methoxy groups -OCH3 is 1. The Hall–Kier alpha value is -1.55. The lowest BCUT2D eigenvalue weighted by Gasteiger charge is -2.19. The van der Waals surface area contributed by atoms with E-state index in [4.69, 9.17) is 14.4 Å². The Balaban J connectivity index is 1.41. The van der Waals surface area contributed by atoms with E-state index in [9.17, 15) is 4.79 Å². The first-order chi connectivity index (χ1) is 12.7. The number of hydrogen-bond acceptors (Lipinski definition) is 7. The largest absolute Gasteiger partial charge is 0.380 e. The molecule has 26 heavy (non-hydrogen) atoms. The Bertz CT molecular complexity index is 671. The van der Waals surface area contributed by atoms with Crippen LogP contribution in [0.4, 0.5) is 0 Å². The van der Waals surface area contributed by atoms with Gasteiger partial charge < -0.3 is 14.9 Å². The molecule has 4 unspecified atom stereocenters. The molecule has 0 radical (unpaired) electrons. The fourth-order valence-corrected chi connectivity index (χ4v) is 3.85. The van der Waals surface area contributed by atoms with Gasteiger partial charge in [-0.15, -0.1) is 0 Å². The van der Waals surface area contributed by atoms with Crippen LogP contribution in [0.3, 0.4) is 0 Å². The fourth-order valence-electron chi connectivity index (χ4n) is 3.85. The molecule has 2 heterocycles. The number of hydroxylamine groups is 2. The number of rotatable bonds is 5. The van der Waals surface area contributed by atoms with Crippen LogP contribution in [0.5, 0.6) is 0 Å². The number of nitrogens with one attached hydrogen (secondary N) is 4. The topological polar surface area (TPSA) is 92.9 Å². The normalized spacial score (nSPS) is 33.4. The molecule has 2 aliphatic heterocycles. The predicted molar refractivity (Wildman–Crippen MR) is 93.4 cm³/mol. The summed E-state index contributed by atoms with van der Waals surface area (Å²) in [5.41, 5.74) is 9.46. The molecule has 0 aromatic heterocycles. The summed E-state index contributed by atoms with van der Waals surface area (Å²) >= 11 is 0. The Labute approximate surface area is 152 Å². The van der Waals surface area contributed by atoms with Gasteiger partial charge in [0.2, 0.25) is 5.91 Å². The molecular formula is C18H26N4O4. The minimum atomic E-state index is -0.158. The number of hydrogen-bond donors (Lipinski definition) is 4. The van der Waals surface area contributed by atoms with Crippen LogP contribution in [0.2, 0.25) is 0 Å². The molecule has 5 atom stereocenters. The van der Waals surface area contributed by atoms with Crippen molar-refractivity contribution in [1.82, 2.24) is 21.6 Å². The molecule has 1 aromatic rings. The zero-order valence-corrected chi connectivity index (χ0v) is 15.1. The lowest BCUT2D eigenvalue weighted by atomic mass is 10.0. The van der Waals surface area contributed by atoms with Crippen LogP contribution in [-0.2, 0) is 25.6 Å². The quantitative estimate of drug-likeness (QED) is 0.603. The summed E-state index contributed by atoms with van der Waals surface area (Å²) in [6, 6.07) is 6.49. The third kappa shape index (κ3) is 3.48. The predicted octanol–water partition coefficient (Wildman–Crippen LogP) is 0.425. The van der Waals surface area contributed by atoms with Crippen molar-refractivity contribution in [2.75, 3.05) is 20.3 Å². The van der Waals surface area contributed by atoms with Crippen LogP contribution < -0.4 is 21.6 Å². The number of fused-ring (bicyclic) bond motifs is 1. The van der Waals surface area contributed by atoms with Crippen LogP contribution in [0.15, 0.2) is 18.2 Å². The van der Waals surface area contributed by atoms with Gasteiger partial charge >= 0.3 is 0 Å². The molecule has 4 rings (SSSR count). The molecule has 8 nitrogen and oxygen atoms in total. The first-order valence-electron chi connectivity index (χ1n) is 9.12. The Morgan fingerprint density at radius 3 is 3.04 bits per heavy atom. The van der Waals surface area contributed by atoms with Crippen LogP contribution in [-0.4, -0.2) is 38.5 Å². The summed E-state index contributed by atoms with van der Waals surface area (Å²) in [6.45, 7) is 2.88. The van der Waals surface area contributed by atoms with Gasteiger partial charge in [0.05, 0.1) is 25.2 Å². The van der Waals surface area contributed by atoms with Crippen LogP contribution in [0.25, 0.3) is 0 Å². The van der Waals surface area contributed by atoms with E-state index in [1.165, 1.54) is 11.1 Å². The van der Waals surface area contributed by atoms with Crippen molar-refractivity contribution in [1.29, 1.82) is 0 Å². The van der Waals surface area contributed by atoms with E-state index in [1.807, 2.05) is 6.92 Å². The van der Waals surface area contributed by atoms with Crippen molar-refractivity contribution in [2.24, 2.45) is 5.92 Å². The van der Waals surface area contributed by atoms with Crippen molar-refractivity contribution in [2.45, 2.75) is 44.2 Å². The van der Waals surface area contributed by atoms with Gasteiger partial charge in [-0.25, -0.2) is 0 Å². The average molecular weight is 362 g/mol. The molecule has 1 aliphatic carbocycles. The summed E-state index contributed by atoms with van der Waals surface area (Å²) in [6.07, 6.45) is 1.66. The van der Waals surface area contributed by atoms with Gasteiger partial charge in [0.15, 0.2) is 6.23 Å². The number of aryl methyl sites for hydroxylation is 1. The van der Waals surface area contributed by atoms with Crippen LogP contribution in [0.1, 0.15) is 42.2 Å². The Morgan fingerprint density at radius 2 is 2.27 bits per heavy atom. The highest BCUT2D eigenvalue weighted by Gasteiger charge is 2.34. The smallest absolute Gasteiger partial charge is 0.227 e. The van der Waals surface area contributed by atoms with Gasteiger partial charge in [-0.05, 0) is 36.5 Å². The lowest BCUT2D eigenvalue weighted by Crippen LogP contribution is -2.39. The highest BCUT2D eigenvalue weighted by atomic mass is 16.7. The van der Waals surface area contributed by atoms with Gasteiger partial charge in [-0.3, -0.25) is 14.9 Å². The molecule has 0 saturated carbocycles. The number of carbonyl (C=O) groups is 1. The first kappa shape index (κ1) is 17.8. The molecule has 142 valence electrons. The van der Waals surface area contributed by atoms with E-state index in [-0.39, 0.29) is 36.3 Å². The highest BCUT2D eigenvalue weighted by molar-refractivity contribution is 5.80. The minimum absolute atomic E-state index is 0.0396. The average Bonchev–Trinajstić information content (AvgIpc) is 3.35. The van der Waals surface area contributed by atoms with E-state index in [0.717, 1.165) is 18.4 Å². The molecule has 4 N–H and O–H groups in total. The van der Waals surface area contributed by atoms with Gasteiger partial charge in [0.1, 0.15) is 6.17 Å². The SMILES string of the molecule is COCC1NC(c2ccc3c(c2)CC[C@H]3NC(=O)C2CONC2C)NO1. The second-order valence-corrected chi connectivity index (χ2v) is 7.16. The van der Waals surface area contributed by atoms with Crippen molar-refractivity contribution < 1.29 is 19.2 Å². The number of ether oxygens (including phenoxy) is 1. The lowest BCUT2D eigenvalue weighted by molar-refractivity contribution is -0.125. The maximum atomic E-state index is 12.5. The standard InChI is InChI=1S/C18H26N4O4/c1-10-14(8-25-21-10)18(23)19-15-6-4-11-7-12(3-5-13(11)15)17-20-16(9-24-2)26-22-17/h3,5,7,10,14-17,20-22H,4,6,8-9H2,1-2H3,(H,19,23)/t10?,14?,15-,16?,17?/m1/s1. The Kier molecular flexibility index (Phi) is 5.21. The molecule has 1 aromatic carbocycles. The molecule has 8 heteroatoms. The van der Waals surface area contributed by atoms with Crippen LogP contribution >= 0.6 is 0 Å². The minimum Gasteiger partial charge on any atom is -0.380 e. The van der Waals surface area contributed by atoms with Crippen molar-refractivity contribution in [3.63, 3.8) is 0 Å². The second-order valence-electron chi connectivity index (χ2n) is 7.16. The number of amides is 1. The second kappa shape index (κ2) is 7.59. The molecule has 0 bridgehead atoms. The van der Waals surface area contributed by atoms with Gasteiger partial charge in [-0.2, -0.15) is 11.0 Å². The molecule has 2 saturated heterocycles. The van der Waals surface area contributed by atoms with Crippen molar-refractivity contribution in [3.8, 4) is 0 Å².